The van der Waals surface area contributed by atoms with Crippen LogP contribution in [0.3, 0.4) is 0 Å². The van der Waals surface area contributed by atoms with E-state index in [-0.39, 0.29) is 11.5 Å². The van der Waals surface area contributed by atoms with E-state index in [0.29, 0.717) is 18.0 Å². The second-order valence-electron chi connectivity index (χ2n) is 7.10. The molecule has 2 fully saturated rings. The number of hydrogen-bond donors (Lipinski definition) is 1. The zero-order valence-electron chi connectivity index (χ0n) is 13.0. The Morgan fingerprint density at radius 2 is 1.89 bits per heavy atom. The van der Waals surface area contributed by atoms with Gasteiger partial charge in [0, 0.05) is 6.54 Å². The van der Waals surface area contributed by atoms with Crippen molar-refractivity contribution in [1.82, 2.24) is 10.2 Å². The first-order valence-electron chi connectivity index (χ1n) is 8.05. The lowest BCUT2D eigenvalue weighted by Gasteiger charge is -2.35. The van der Waals surface area contributed by atoms with Crippen LogP contribution in [0.1, 0.15) is 66.2 Å². The normalized spacial score (nSPS) is 29.5. The summed E-state index contributed by atoms with van der Waals surface area (Å²) in [6, 6.07) is 0.0539. The van der Waals surface area contributed by atoms with Crippen molar-refractivity contribution >= 4 is 5.91 Å². The Bertz CT molecular complexity index is 321. The maximum atomic E-state index is 12.6. The van der Waals surface area contributed by atoms with Crippen molar-refractivity contribution in [3.63, 3.8) is 0 Å². The molecule has 0 aromatic heterocycles. The fraction of sp³-hybridized carbons (Fsp3) is 0.938. The lowest BCUT2D eigenvalue weighted by Crippen LogP contribution is -2.46. The van der Waals surface area contributed by atoms with Crippen molar-refractivity contribution in [2.45, 2.75) is 78.4 Å². The molecular formula is C16H30N2O. The van der Waals surface area contributed by atoms with Gasteiger partial charge in [0.1, 0.15) is 0 Å². The van der Waals surface area contributed by atoms with Crippen LogP contribution in [0.15, 0.2) is 0 Å². The Balaban J connectivity index is 2.12. The second kappa shape index (κ2) is 5.82. The summed E-state index contributed by atoms with van der Waals surface area (Å²) in [5, 5.41) is 3.61. The molecule has 0 bridgehead atoms. The Morgan fingerprint density at radius 3 is 2.42 bits per heavy atom. The van der Waals surface area contributed by atoms with Gasteiger partial charge in [0.25, 0.3) is 0 Å². The van der Waals surface area contributed by atoms with E-state index in [1.165, 1.54) is 25.7 Å². The van der Waals surface area contributed by atoms with Crippen molar-refractivity contribution in [1.29, 1.82) is 0 Å². The summed E-state index contributed by atoms with van der Waals surface area (Å²) in [5.41, 5.74) is 0.219. The van der Waals surface area contributed by atoms with E-state index in [1.807, 2.05) is 0 Å². The van der Waals surface area contributed by atoms with Crippen molar-refractivity contribution in [3.8, 4) is 0 Å². The highest BCUT2D eigenvalue weighted by molar-refractivity contribution is 5.84. The van der Waals surface area contributed by atoms with Gasteiger partial charge in [-0.3, -0.25) is 10.1 Å². The van der Waals surface area contributed by atoms with Gasteiger partial charge in [-0.05, 0) is 37.0 Å². The lowest BCUT2D eigenvalue weighted by molar-refractivity contribution is -0.132. The molecule has 0 spiro atoms. The number of nitrogens with one attached hydrogen (secondary N) is 1. The lowest BCUT2D eigenvalue weighted by atomic mass is 9.89. The van der Waals surface area contributed by atoms with Gasteiger partial charge >= 0.3 is 0 Å². The monoisotopic (exact) mass is 266 g/mol. The molecule has 3 heteroatoms. The molecule has 1 saturated carbocycles. The summed E-state index contributed by atoms with van der Waals surface area (Å²) in [5.74, 6) is 1.01. The van der Waals surface area contributed by atoms with E-state index in [9.17, 15) is 4.79 Å². The Hall–Kier alpha value is -0.570. The van der Waals surface area contributed by atoms with Crippen molar-refractivity contribution in [2.24, 2.45) is 11.3 Å². The van der Waals surface area contributed by atoms with Crippen LogP contribution in [0.25, 0.3) is 0 Å². The minimum Gasteiger partial charge on any atom is -0.325 e. The second-order valence-corrected chi connectivity index (χ2v) is 7.10. The molecule has 3 nitrogen and oxygen atoms in total. The molecule has 2 aliphatic rings. The van der Waals surface area contributed by atoms with Gasteiger partial charge in [-0.25, -0.2) is 0 Å². The Morgan fingerprint density at radius 1 is 1.26 bits per heavy atom. The standard InChI is InChI=1S/C16H30N2O/c1-5-13-15(19)18(11-16(3,4)6-2)14(17-13)12-9-7-8-10-12/h12-14,17H,5-11H2,1-4H3. The van der Waals surface area contributed by atoms with E-state index in [2.05, 4.69) is 37.9 Å². The van der Waals surface area contributed by atoms with E-state index in [4.69, 9.17) is 0 Å². The number of carbonyl (C=O) groups excluding carboxylic acids is 1. The number of hydrogen-bond acceptors (Lipinski definition) is 2. The maximum Gasteiger partial charge on any atom is 0.241 e. The predicted molar refractivity (Wildman–Crippen MR) is 78.7 cm³/mol. The third-order valence-corrected chi connectivity index (χ3v) is 5.10. The quantitative estimate of drug-likeness (QED) is 0.829. The third kappa shape index (κ3) is 3.13. The van der Waals surface area contributed by atoms with Crippen LogP contribution in [0.2, 0.25) is 0 Å². The van der Waals surface area contributed by atoms with Gasteiger partial charge in [-0.15, -0.1) is 0 Å². The highest BCUT2D eigenvalue weighted by Crippen LogP contribution is 2.34. The molecule has 0 aromatic carbocycles. The zero-order valence-corrected chi connectivity index (χ0v) is 13.0. The van der Waals surface area contributed by atoms with Crippen LogP contribution in [-0.4, -0.2) is 29.6 Å². The van der Waals surface area contributed by atoms with Crippen molar-refractivity contribution in [2.75, 3.05) is 6.54 Å². The average molecular weight is 266 g/mol. The third-order valence-electron chi connectivity index (χ3n) is 5.10. The molecule has 2 atom stereocenters. The maximum absolute atomic E-state index is 12.6. The summed E-state index contributed by atoms with van der Waals surface area (Å²) < 4.78 is 0. The minimum atomic E-state index is 0.0539. The van der Waals surface area contributed by atoms with E-state index >= 15 is 0 Å². The highest BCUT2D eigenvalue weighted by Gasteiger charge is 2.43. The molecule has 19 heavy (non-hydrogen) atoms. The van der Waals surface area contributed by atoms with Gasteiger partial charge in [-0.1, -0.05) is 40.5 Å². The summed E-state index contributed by atoms with van der Waals surface area (Å²) in [6.07, 6.45) is 7.55. The van der Waals surface area contributed by atoms with Gasteiger partial charge in [0.15, 0.2) is 0 Å². The van der Waals surface area contributed by atoms with Gasteiger partial charge in [0.2, 0.25) is 5.91 Å². The van der Waals surface area contributed by atoms with Crippen molar-refractivity contribution in [3.05, 3.63) is 0 Å². The average Bonchev–Trinajstić information content (AvgIpc) is 2.99. The highest BCUT2D eigenvalue weighted by atomic mass is 16.2. The van der Waals surface area contributed by atoms with Crippen LogP contribution < -0.4 is 5.32 Å². The zero-order chi connectivity index (χ0) is 14.0. The smallest absolute Gasteiger partial charge is 0.241 e. The summed E-state index contributed by atoms with van der Waals surface area (Å²) in [7, 11) is 0. The Kier molecular flexibility index (Phi) is 4.54. The molecule has 1 N–H and O–H groups in total. The molecule has 1 aliphatic carbocycles. The molecule has 1 amide bonds. The number of nitrogens with zero attached hydrogens (tertiary/aromatic N) is 1. The first-order chi connectivity index (χ1) is 8.98. The molecule has 1 saturated heterocycles. The molecule has 2 unspecified atom stereocenters. The Labute approximate surface area is 118 Å². The predicted octanol–water partition coefficient (Wildman–Crippen LogP) is 3.15. The molecule has 0 aromatic rings. The summed E-state index contributed by atoms with van der Waals surface area (Å²) in [4.78, 5) is 14.7. The molecule has 1 aliphatic heterocycles. The molecule has 0 radical (unpaired) electrons. The first kappa shape index (κ1) is 14.8. The van der Waals surface area contributed by atoms with E-state index in [0.717, 1.165) is 19.4 Å². The van der Waals surface area contributed by atoms with Gasteiger partial charge < -0.3 is 4.90 Å². The first-order valence-corrected chi connectivity index (χ1v) is 8.05. The summed E-state index contributed by atoms with van der Waals surface area (Å²) >= 11 is 0. The van der Waals surface area contributed by atoms with Gasteiger partial charge in [0.05, 0.1) is 12.2 Å². The summed E-state index contributed by atoms with van der Waals surface area (Å²) in [6.45, 7) is 9.76. The number of carbonyl (C=O) groups is 1. The van der Waals surface area contributed by atoms with Crippen LogP contribution >= 0.6 is 0 Å². The van der Waals surface area contributed by atoms with E-state index in [1.54, 1.807) is 0 Å². The van der Waals surface area contributed by atoms with Gasteiger partial charge in [-0.2, -0.15) is 0 Å². The molecule has 110 valence electrons. The number of amides is 1. The number of rotatable bonds is 5. The SMILES string of the molecule is CCC1NC(C2CCCC2)N(CC(C)(C)CC)C1=O. The van der Waals surface area contributed by atoms with Crippen LogP contribution in [0, 0.1) is 11.3 Å². The fourth-order valence-electron chi connectivity index (χ4n) is 3.41. The fourth-order valence-corrected chi connectivity index (χ4v) is 3.41. The van der Waals surface area contributed by atoms with Crippen LogP contribution in [0.4, 0.5) is 0 Å². The molecular weight excluding hydrogens is 236 g/mol. The van der Waals surface area contributed by atoms with Crippen LogP contribution in [-0.2, 0) is 4.79 Å². The van der Waals surface area contributed by atoms with Crippen molar-refractivity contribution < 1.29 is 4.79 Å². The minimum absolute atomic E-state index is 0.0539. The topological polar surface area (TPSA) is 32.3 Å². The molecule has 1 heterocycles. The van der Waals surface area contributed by atoms with Crippen LogP contribution in [0.5, 0.6) is 0 Å². The van der Waals surface area contributed by atoms with E-state index < -0.39 is 0 Å². The largest absolute Gasteiger partial charge is 0.325 e. The molecule has 2 rings (SSSR count).